The van der Waals surface area contributed by atoms with Gasteiger partial charge in [-0.15, -0.1) is 0 Å². The molecule has 0 spiro atoms. The van der Waals surface area contributed by atoms with E-state index in [9.17, 15) is 13.6 Å². The van der Waals surface area contributed by atoms with Gasteiger partial charge in [0.1, 0.15) is 0 Å². The normalized spacial score (nSPS) is 11.9. The van der Waals surface area contributed by atoms with Crippen LogP contribution in [0.4, 0.5) is 8.78 Å². The summed E-state index contributed by atoms with van der Waals surface area (Å²) in [5, 5.41) is 0.961. The topological polar surface area (TPSA) is 29.5 Å². The number of carbonyl (C=O) groups excluding carboxylic acids is 1. The highest BCUT2D eigenvalue weighted by Crippen LogP contribution is 2.26. The third-order valence-electron chi connectivity index (χ3n) is 1.80. The highest BCUT2D eigenvalue weighted by Gasteiger charge is 2.33. The Labute approximate surface area is 76.6 Å². The highest BCUT2D eigenvalue weighted by molar-refractivity contribution is 5.80. The average Bonchev–Trinajstić information content (AvgIpc) is 1.99. The van der Waals surface area contributed by atoms with Crippen LogP contribution < -0.4 is 0 Å². The van der Waals surface area contributed by atoms with Crippen LogP contribution in [0.3, 0.4) is 0 Å². The van der Waals surface area contributed by atoms with Crippen LogP contribution in [-0.2, 0) is 9.63 Å². The van der Waals surface area contributed by atoms with Crippen molar-refractivity contribution in [3.8, 4) is 0 Å². The van der Waals surface area contributed by atoms with Gasteiger partial charge in [-0.05, 0) is 0 Å². The fourth-order valence-corrected chi connectivity index (χ4v) is 0.982. The van der Waals surface area contributed by atoms with Gasteiger partial charge >= 0.3 is 0 Å². The quantitative estimate of drug-likeness (QED) is 0.639. The summed E-state index contributed by atoms with van der Waals surface area (Å²) in [6.45, 7) is 2.94. The lowest BCUT2D eigenvalue weighted by Gasteiger charge is -2.27. The molecule has 0 aliphatic heterocycles. The van der Waals surface area contributed by atoms with Gasteiger partial charge in [0.15, 0.2) is 0 Å². The summed E-state index contributed by atoms with van der Waals surface area (Å²) >= 11 is 0. The van der Waals surface area contributed by atoms with Crippen molar-refractivity contribution in [1.29, 1.82) is 0 Å². The Balaban J connectivity index is 4.35. The molecule has 0 heterocycles. The van der Waals surface area contributed by atoms with E-state index in [0.29, 0.717) is 0 Å². The Morgan fingerprint density at radius 1 is 1.54 bits per heavy atom. The lowest BCUT2D eigenvalue weighted by Crippen LogP contribution is -2.38. The van der Waals surface area contributed by atoms with Crippen LogP contribution in [0.5, 0.6) is 0 Å². The molecule has 0 radical (unpaired) electrons. The molecule has 1 amide bonds. The molecule has 0 unspecified atom stereocenters. The second-order valence-corrected chi connectivity index (χ2v) is 3.46. The molecule has 0 atom stereocenters. The first-order valence-corrected chi connectivity index (χ1v) is 3.91. The Morgan fingerprint density at radius 2 is 2.00 bits per heavy atom. The van der Waals surface area contributed by atoms with E-state index in [1.807, 2.05) is 0 Å². The summed E-state index contributed by atoms with van der Waals surface area (Å²) in [6, 6.07) is 0. The predicted octanol–water partition coefficient (Wildman–Crippen LogP) is 1.69. The van der Waals surface area contributed by atoms with Crippen LogP contribution in [0.15, 0.2) is 0 Å². The van der Waals surface area contributed by atoms with Gasteiger partial charge in [0.05, 0.1) is 12.5 Å². The number of alkyl halides is 2. The number of hydrogen-bond acceptors (Lipinski definition) is 2. The Hall–Kier alpha value is -0.710. The molecule has 0 N–H and O–H groups in total. The van der Waals surface area contributed by atoms with Gasteiger partial charge in [0.25, 0.3) is 5.91 Å². The van der Waals surface area contributed by atoms with Gasteiger partial charge < -0.3 is 0 Å². The Kier molecular flexibility index (Phi) is 4.26. The van der Waals surface area contributed by atoms with Crippen LogP contribution in [0.1, 0.15) is 20.3 Å². The standard InChI is InChI=1S/C8H15F2NO2/c1-8(2,5-6(9)10)7(12)11(3)13-4/h6H,5H2,1-4H3. The van der Waals surface area contributed by atoms with Gasteiger partial charge in [0.2, 0.25) is 6.43 Å². The number of carbonyl (C=O) groups is 1. The summed E-state index contributed by atoms with van der Waals surface area (Å²) in [5.41, 5.74) is -1.08. The Bertz CT molecular complexity index is 183. The first kappa shape index (κ1) is 12.3. The third-order valence-corrected chi connectivity index (χ3v) is 1.80. The van der Waals surface area contributed by atoms with Crippen molar-refractivity contribution in [2.45, 2.75) is 26.7 Å². The van der Waals surface area contributed by atoms with Crippen LogP contribution >= 0.6 is 0 Å². The molecule has 0 saturated heterocycles. The molecule has 0 saturated carbocycles. The molecule has 0 aliphatic carbocycles. The SMILES string of the molecule is CON(C)C(=O)C(C)(C)CC(F)F. The maximum Gasteiger partial charge on any atom is 0.251 e. The second-order valence-electron chi connectivity index (χ2n) is 3.46. The molecule has 5 heteroatoms. The first-order chi connectivity index (χ1) is 5.81. The molecule has 0 aromatic carbocycles. The minimum absolute atomic E-state index is 0.449. The molecule has 0 fully saturated rings. The molecular weight excluding hydrogens is 180 g/mol. The number of hydroxylamine groups is 2. The zero-order valence-electron chi connectivity index (χ0n) is 8.30. The number of rotatable bonds is 4. The maximum absolute atomic E-state index is 12.0. The summed E-state index contributed by atoms with van der Waals surface area (Å²) < 4.78 is 24.1. The van der Waals surface area contributed by atoms with Gasteiger partial charge in [-0.2, -0.15) is 0 Å². The van der Waals surface area contributed by atoms with Crippen molar-refractivity contribution in [2.24, 2.45) is 5.41 Å². The fourth-order valence-electron chi connectivity index (χ4n) is 0.982. The molecule has 13 heavy (non-hydrogen) atoms. The average molecular weight is 195 g/mol. The van der Waals surface area contributed by atoms with Crippen LogP contribution in [-0.4, -0.2) is 31.6 Å². The maximum atomic E-state index is 12.0. The molecule has 0 rings (SSSR count). The monoisotopic (exact) mass is 195 g/mol. The van der Waals surface area contributed by atoms with Gasteiger partial charge in [-0.1, -0.05) is 13.8 Å². The number of nitrogens with zero attached hydrogens (tertiary/aromatic N) is 1. The summed E-state index contributed by atoms with van der Waals surface area (Å²) in [7, 11) is 2.71. The predicted molar refractivity (Wildman–Crippen MR) is 44.2 cm³/mol. The van der Waals surface area contributed by atoms with E-state index in [-0.39, 0.29) is 0 Å². The second kappa shape index (κ2) is 4.50. The van der Waals surface area contributed by atoms with E-state index in [0.717, 1.165) is 5.06 Å². The minimum Gasteiger partial charge on any atom is -0.275 e. The van der Waals surface area contributed by atoms with E-state index in [1.54, 1.807) is 0 Å². The summed E-state index contributed by atoms with van der Waals surface area (Å²) in [4.78, 5) is 16.0. The van der Waals surface area contributed by atoms with Crippen molar-refractivity contribution in [2.75, 3.05) is 14.2 Å². The van der Waals surface area contributed by atoms with E-state index >= 15 is 0 Å². The lowest BCUT2D eigenvalue weighted by molar-refractivity contribution is -0.180. The first-order valence-electron chi connectivity index (χ1n) is 3.91. The molecule has 0 bridgehead atoms. The van der Waals surface area contributed by atoms with Crippen molar-refractivity contribution in [1.82, 2.24) is 5.06 Å². The number of hydrogen-bond donors (Lipinski definition) is 0. The van der Waals surface area contributed by atoms with Crippen LogP contribution in [0.25, 0.3) is 0 Å². The number of halogens is 2. The summed E-state index contributed by atoms with van der Waals surface area (Å²) in [5.74, 6) is -0.449. The fraction of sp³-hybridized carbons (Fsp3) is 0.875. The van der Waals surface area contributed by atoms with Crippen molar-refractivity contribution in [3.05, 3.63) is 0 Å². The van der Waals surface area contributed by atoms with Gasteiger partial charge in [-0.25, -0.2) is 13.8 Å². The molecule has 0 aromatic heterocycles. The van der Waals surface area contributed by atoms with Crippen molar-refractivity contribution < 1.29 is 18.4 Å². The molecule has 3 nitrogen and oxygen atoms in total. The van der Waals surface area contributed by atoms with E-state index in [1.165, 1.54) is 28.0 Å². The van der Waals surface area contributed by atoms with E-state index in [4.69, 9.17) is 0 Å². The Morgan fingerprint density at radius 3 is 2.31 bits per heavy atom. The van der Waals surface area contributed by atoms with E-state index < -0.39 is 24.2 Å². The molecule has 0 aliphatic rings. The van der Waals surface area contributed by atoms with E-state index in [2.05, 4.69) is 4.84 Å². The lowest BCUT2D eigenvalue weighted by atomic mass is 9.88. The zero-order valence-corrected chi connectivity index (χ0v) is 8.30. The van der Waals surface area contributed by atoms with Crippen molar-refractivity contribution in [3.63, 3.8) is 0 Å². The largest absolute Gasteiger partial charge is 0.275 e. The van der Waals surface area contributed by atoms with Gasteiger partial charge in [-0.3, -0.25) is 9.63 Å². The third kappa shape index (κ3) is 3.67. The van der Waals surface area contributed by atoms with Crippen molar-refractivity contribution >= 4 is 5.91 Å². The highest BCUT2D eigenvalue weighted by atomic mass is 19.3. The van der Waals surface area contributed by atoms with Gasteiger partial charge in [0, 0.05) is 13.5 Å². The number of amides is 1. The summed E-state index contributed by atoms with van der Waals surface area (Å²) in [6.07, 6.45) is -2.94. The smallest absolute Gasteiger partial charge is 0.251 e. The molecular formula is C8H15F2NO2. The molecule has 78 valence electrons. The minimum atomic E-state index is -2.48. The molecule has 0 aromatic rings. The zero-order chi connectivity index (χ0) is 10.6. The van der Waals surface area contributed by atoms with Crippen LogP contribution in [0, 0.1) is 5.41 Å². The van der Waals surface area contributed by atoms with Crippen LogP contribution in [0.2, 0.25) is 0 Å².